The molecule has 0 aliphatic carbocycles. The number of imidazole rings is 1. The number of hydrogen-bond donors (Lipinski definition) is 1. The molecular formula is C26H35BrN4O. The monoisotopic (exact) mass is 498 g/mol. The summed E-state index contributed by atoms with van der Waals surface area (Å²) in [5.41, 5.74) is 4.37. The van der Waals surface area contributed by atoms with Crippen LogP contribution in [0.15, 0.2) is 34.9 Å². The predicted molar refractivity (Wildman–Crippen MR) is 135 cm³/mol. The van der Waals surface area contributed by atoms with Crippen LogP contribution in [-0.4, -0.2) is 46.6 Å². The van der Waals surface area contributed by atoms with Gasteiger partial charge in [0.05, 0.1) is 17.6 Å². The van der Waals surface area contributed by atoms with E-state index in [1.165, 1.54) is 44.3 Å². The Bertz CT molecular complexity index is 1050. The molecule has 3 aromatic rings. The number of benzene rings is 1. The van der Waals surface area contributed by atoms with E-state index in [1.54, 1.807) is 6.20 Å². The Kier molecular flexibility index (Phi) is 7.21. The number of nitrogens with zero attached hydrogens (tertiary/aromatic N) is 3. The molecule has 2 aromatic heterocycles. The molecule has 1 N–H and O–H groups in total. The molecule has 6 heteroatoms. The molecule has 0 bridgehead atoms. The standard InChI is InChI=1S/C26H35BrN4O/c1-26(2,3)19-8-9-22-23(15-19)30-25(29-22)20-16-24(28-17-21(20)27)32-14-6-5-7-18-10-12-31(4)13-11-18/h8-9,15-18H,5-7,10-14H2,1-4H3,(H,29,30). The summed E-state index contributed by atoms with van der Waals surface area (Å²) in [6, 6.07) is 8.42. The molecule has 0 unspecified atom stereocenters. The van der Waals surface area contributed by atoms with Crippen LogP contribution in [0.3, 0.4) is 0 Å². The highest BCUT2D eigenvalue weighted by atomic mass is 79.9. The van der Waals surface area contributed by atoms with Crippen molar-refractivity contribution in [3.05, 3.63) is 40.5 Å². The largest absolute Gasteiger partial charge is 0.478 e. The number of nitrogens with one attached hydrogen (secondary N) is 1. The number of unbranched alkanes of at least 4 members (excludes halogenated alkanes) is 1. The number of fused-ring (bicyclic) bond motifs is 1. The highest BCUT2D eigenvalue weighted by Crippen LogP contribution is 2.32. The number of aromatic amines is 1. The lowest BCUT2D eigenvalue weighted by molar-refractivity contribution is 0.205. The minimum Gasteiger partial charge on any atom is -0.478 e. The first kappa shape index (κ1) is 23.2. The number of likely N-dealkylation sites (tertiary alicyclic amines) is 1. The second-order valence-electron chi connectivity index (χ2n) is 10.2. The lowest BCUT2D eigenvalue weighted by Crippen LogP contribution is -2.30. The van der Waals surface area contributed by atoms with Crippen molar-refractivity contribution in [3.63, 3.8) is 0 Å². The summed E-state index contributed by atoms with van der Waals surface area (Å²) >= 11 is 3.63. The van der Waals surface area contributed by atoms with Gasteiger partial charge < -0.3 is 14.6 Å². The molecule has 0 spiro atoms. The summed E-state index contributed by atoms with van der Waals surface area (Å²) in [5, 5.41) is 0. The van der Waals surface area contributed by atoms with Gasteiger partial charge in [-0.2, -0.15) is 0 Å². The minimum absolute atomic E-state index is 0.102. The van der Waals surface area contributed by atoms with Crippen LogP contribution in [0.4, 0.5) is 0 Å². The number of aromatic nitrogens is 3. The Morgan fingerprint density at radius 3 is 2.69 bits per heavy atom. The van der Waals surface area contributed by atoms with Gasteiger partial charge in [-0.25, -0.2) is 9.97 Å². The second-order valence-corrected chi connectivity index (χ2v) is 11.0. The van der Waals surface area contributed by atoms with Crippen molar-refractivity contribution in [3.8, 4) is 17.3 Å². The molecule has 0 amide bonds. The fourth-order valence-electron chi connectivity index (χ4n) is 4.35. The normalized spacial score (nSPS) is 16.0. The third-order valence-electron chi connectivity index (χ3n) is 6.53. The Labute approximate surface area is 200 Å². The van der Waals surface area contributed by atoms with E-state index >= 15 is 0 Å². The zero-order valence-corrected chi connectivity index (χ0v) is 21.3. The Morgan fingerprint density at radius 2 is 1.94 bits per heavy atom. The number of pyridine rings is 1. The van der Waals surface area contributed by atoms with E-state index in [-0.39, 0.29) is 5.41 Å². The van der Waals surface area contributed by atoms with Gasteiger partial charge in [-0.05, 0) is 90.8 Å². The molecule has 4 rings (SSSR count). The maximum absolute atomic E-state index is 5.99. The van der Waals surface area contributed by atoms with Gasteiger partial charge in [0.1, 0.15) is 5.82 Å². The van der Waals surface area contributed by atoms with E-state index in [9.17, 15) is 0 Å². The highest BCUT2D eigenvalue weighted by Gasteiger charge is 2.17. The average Bonchev–Trinajstić information content (AvgIpc) is 3.18. The van der Waals surface area contributed by atoms with E-state index in [0.717, 1.165) is 39.2 Å². The first-order valence-electron chi connectivity index (χ1n) is 11.8. The van der Waals surface area contributed by atoms with Crippen molar-refractivity contribution >= 4 is 27.0 Å². The van der Waals surface area contributed by atoms with Gasteiger partial charge in [0.15, 0.2) is 0 Å². The van der Waals surface area contributed by atoms with Crippen molar-refractivity contribution in [2.75, 3.05) is 26.7 Å². The van der Waals surface area contributed by atoms with Gasteiger partial charge in [-0.3, -0.25) is 0 Å². The topological polar surface area (TPSA) is 54.0 Å². The molecule has 1 aliphatic rings. The smallest absolute Gasteiger partial charge is 0.213 e. The molecule has 0 saturated carbocycles. The molecule has 0 radical (unpaired) electrons. The van der Waals surface area contributed by atoms with Crippen molar-refractivity contribution < 1.29 is 4.74 Å². The van der Waals surface area contributed by atoms with Crippen molar-refractivity contribution in [2.24, 2.45) is 5.92 Å². The summed E-state index contributed by atoms with van der Waals surface area (Å²) < 4.78 is 6.89. The van der Waals surface area contributed by atoms with E-state index in [4.69, 9.17) is 9.72 Å². The number of piperidine rings is 1. The second kappa shape index (κ2) is 9.92. The number of hydrogen-bond acceptors (Lipinski definition) is 4. The van der Waals surface area contributed by atoms with E-state index in [2.05, 4.69) is 76.8 Å². The van der Waals surface area contributed by atoms with Gasteiger partial charge in [0.2, 0.25) is 5.88 Å². The molecule has 3 heterocycles. The Hall–Kier alpha value is -1.92. The van der Waals surface area contributed by atoms with Gasteiger partial charge in [-0.1, -0.05) is 33.3 Å². The molecule has 32 heavy (non-hydrogen) atoms. The molecule has 0 atom stereocenters. The van der Waals surface area contributed by atoms with Crippen molar-refractivity contribution in [1.82, 2.24) is 19.9 Å². The van der Waals surface area contributed by atoms with Crippen LogP contribution in [0.25, 0.3) is 22.4 Å². The van der Waals surface area contributed by atoms with Crippen LogP contribution in [0.2, 0.25) is 0 Å². The molecule has 1 saturated heterocycles. The summed E-state index contributed by atoms with van der Waals surface area (Å²) in [7, 11) is 2.22. The van der Waals surface area contributed by atoms with Gasteiger partial charge in [0.25, 0.3) is 0 Å². The lowest BCUT2D eigenvalue weighted by Gasteiger charge is -2.28. The molecular weight excluding hydrogens is 464 g/mol. The van der Waals surface area contributed by atoms with Gasteiger partial charge >= 0.3 is 0 Å². The third-order valence-corrected chi connectivity index (χ3v) is 7.16. The van der Waals surface area contributed by atoms with Gasteiger partial charge in [0, 0.05) is 22.3 Å². The Balaban J connectivity index is 1.37. The number of rotatable bonds is 7. The SMILES string of the molecule is CN1CCC(CCCCOc2cc(-c3nc4ccc(C(C)(C)C)cc4[nH]3)c(Br)cn2)CC1. The van der Waals surface area contributed by atoms with E-state index in [1.807, 2.05) is 6.07 Å². The van der Waals surface area contributed by atoms with Crippen LogP contribution < -0.4 is 4.74 Å². The van der Waals surface area contributed by atoms with Crippen LogP contribution in [-0.2, 0) is 5.41 Å². The zero-order chi connectivity index (χ0) is 22.7. The summed E-state index contributed by atoms with van der Waals surface area (Å²) in [6.07, 6.45) is 8.08. The number of halogens is 1. The predicted octanol–water partition coefficient (Wildman–Crippen LogP) is 6.58. The van der Waals surface area contributed by atoms with Crippen LogP contribution in [0.1, 0.15) is 58.4 Å². The minimum atomic E-state index is 0.102. The first-order valence-corrected chi connectivity index (χ1v) is 12.6. The number of H-pyrrole nitrogens is 1. The fraction of sp³-hybridized carbons (Fsp3) is 0.538. The van der Waals surface area contributed by atoms with E-state index < -0.39 is 0 Å². The first-order chi connectivity index (χ1) is 15.3. The molecule has 5 nitrogen and oxygen atoms in total. The van der Waals surface area contributed by atoms with E-state index in [0.29, 0.717) is 12.5 Å². The fourth-order valence-corrected chi connectivity index (χ4v) is 4.75. The van der Waals surface area contributed by atoms with Crippen molar-refractivity contribution in [1.29, 1.82) is 0 Å². The highest BCUT2D eigenvalue weighted by molar-refractivity contribution is 9.10. The van der Waals surface area contributed by atoms with Crippen LogP contribution >= 0.6 is 15.9 Å². The van der Waals surface area contributed by atoms with Gasteiger partial charge in [-0.15, -0.1) is 0 Å². The summed E-state index contributed by atoms with van der Waals surface area (Å²) in [4.78, 5) is 15.2. The maximum Gasteiger partial charge on any atom is 0.213 e. The summed E-state index contributed by atoms with van der Waals surface area (Å²) in [5.74, 6) is 2.36. The lowest BCUT2D eigenvalue weighted by atomic mass is 9.87. The number of ether oxygens (including phenoxy) is 1. The maximum atomic E-state index is 5.99. The van der Waals surface area contributed by atoms with Crippen molar-refractivity contribution in [2.45, 2.75) is 58.3 Å². The molecule has 1 fully saturated rings. The Morgan fingerprint density at radius 1 is 1.16 bits per heavy atom. The van der Waals surface area contributed by atoms with Crippen LogP contribution in [0.5, 0.6) is 5.88 Å². The molecule has 1 aromatic carbocycles. The van der Waals surface area contributed by atoms with Crippen LogP contribution in [0, 0.1) is 5.92 Å². The average molecular weight is 499 g/mol. The quantitative estimate of drug-likeness (QED) is 0.374. The molecule has 1 aliphatic heterocycles. The third kappa shape index (κ3) is 5.70. The molecule has 172 valence electrons. The zero-order valence-electron chi connectivity index (χ0n) is 19.7. The summed E-state index contributed by atoms with van der Waals surface area (Å²) in [6.45, 7) is 9.86.